The number of rotatable bonds is 4. The van der Waals surface area contributed by atoms with Crippen LogP contribution < -0.4 is 5.32 Å². The van der Waals surface area contributed by atoms with Gasteiger partial charge in [0.25, 0.3) is 5.92 Å². The summed E-state index contributed by atoms with van der Waals surface area (Å²) in [6.07, 6.45) is -0.312. The molecule has 0 spiro atoms. The monoisotopic (exact) mass is 386 g/mol. The number of morpholine rings is 1. The molecule has 0 aliphatic carbocycles. The molecule has 1 unspecified atom stereocenters. The molecule has 2 saturated heterocycles. The maximum atomic E-state index is 13.3. The number of ether oxygens (including phenoxy) is 1. The predicted octanol–water partition coefficient (Wildman–Crippen LogP) is 2.66. The second-order valence-corrected chi connectivity index (χ2v) is 6.54. The summed E-state index contributed by atoms with van der Waals surface area (Å²) in [5.74, 6) is -2.09. The fraction of sp³-hybridized carbons (Fsp3) is 0.529. The minimum absolute atomic E-state index is 0. The minimum atomic E-state index is -2.72. The van der Waals surface area contributed by atoms with Gasteiger partial charge >= 0.3 is 0 Å². The molecule has 3 heterocycles. The van der Waals surface area contributed by atoms with Gasteiger partial charge in [-0.2, -0.15) is 4.98 Å². The Morgan fingerprint density at radius 1 is 1.19 bits per heavy atom. The van der Waals surface area contributed by atoms with E-state index in [0.717, 1.165) is 38.4 Å². The summed E-state index contributed by atoms with van der Waals surface area (Å²) in [7, 11) is 0. The van der Waals surface area contributed by atoms with Crippen molar-refractivity contribution in [3.8, 4) is 11.4 Å². The van der Waals surface area contributed by atoms with Gasteiger partial charge in [-0.1, -0.05) is 29.4 Å². The number of aromatic nitrogens is 2. The van der Waals surface area contributed by atoms with Crippen LogP contribution in [0.5, 0.6) is 0 Å². The van der Waals surface area contributed by atoms with E-state index in [-0.39, 0.29) is 31.3 Å². The van der Waals surface area contributed by atoms with Gasteiger partial charge in [0, 0.05) is 31.6 Å². The van der Waals surface area contributed by atoms with E-state index in [0.29, 0.717) is 5.82 Å². The molecular weight excluding hydrogens is 366 g/mol. The highest BCUT2D eigenvalue weighted by Crippen LogP contribution is 2.33. The van der Waals surface area contributed by atoms with Crippen LogP contribution in [0.2, 0.25) is 0 Å². The SMILES string of the molecule is Cl.FC1(F)CNC(c2nc(-c3ccc(CN4CCOCC4)cc3)no2)C1. The normalized spacial score (nSPS) is 22.9. The Bertz CT molecular complexity index is 720. The third kappa shape index (κ3) is 4.37. The van der Waals surface area contributed by atoms with E-state index in [1.54, 1.807) is 0 Å². The zero-order valence-electron chi connectivity index (χ0n) is 14.2. The van der Waals surface area contributed by atoms with E-state index in [1.807, 2.05) is 24.3 Å². The van der Waals surface area contributed by atoms with Crippen molar-refractivity contribution in [1.82, 2.24) is 20.4 Å². The van der Waals surface area contributed by atoms with Crippen LogP contribution in [-0.2, 0) is 11.3 Å². The van der Waals surface area contributed by atoms with E-state index in [1.165, 1.54) is 5.56 Å². The average molecular weight is 387 g/mol. The second kappa shape index (κ2) is 7.96. The Morgan fingerprint density at radius 2 is 1.92 bits per heavy atom. The molecule has 2 fully saturated rings. The number of benzene rings is 1. The molecule has 6 nitrogen and oxygen atoms in total. The van der Waals surface area contributed by atoms with Crippen LogP contribution in [-0.4, -0.2) is 53.8 Å². The fourth-order valence-electron chi connectivity index (χ4n) is 3.16. The highest BCUT2D eigenvalue weighted by molar-refractivity contribution is 5.85. The van der Waals surface area contributed by atoms with Gasteiger partial charge in [0.05, 0.1) is 25.8 Å². The number of hydrogen-bond donors (Lipinski definition) is 1. The largest absolute Gasteiger partial charge is 0.379 e. The Morgan fingerprint density at radius 3 is 2.58 bits per heavy atom. The first kappa shape index (κ1) is 19.2. The maximum Gasteiger partial charge on any atom is 0.262 e. The standard InChI is InChI=1S/C17H20F2N4O2.ClH/c18-17(19)9-14(20-11-17)16-21-15(22-25-16)13-3-1-12(2-4-13)10-23-5-7-24-8-6-23;/h1-4,14,20H,5-11H2;1H. The van der Waals surface area contributed by atoms with E-state index >= 15 is 0 Å². The lowest BCUT2D eigenvalue weighted by Crippen LogP contribution is -2.35. The number of alkyl halides is 2. The summed E-state index contributed by atoms with van der Waals surface area (Å²) < 4.78 is 37.1. The topological polar surface area (TPSA) is 63.4 Å². The van der Waals surface area contributed by atoms with Crippen molar-refractivity contribution in [3.63, 3.8) is 0 Å². The van der Waals surface area contributed by atoms with Gasteiger partial charge in [0.2, 0.25) is 11.7 Å². The lowest BCUT2D eigenvalue weighted by molar-refractivity contribution is 0.0200. The summed E-state index contributed by atoms with van der Waals surface area (Å²) in [5.41, 5.74) is 2.01. The van der Waals surface area contributed by atoms with Crippen molar-refractivity contribution in [1.29, 1.82) is 0 Å². The first-order chi connectivity index (χ1) is 12.1. The Kier molecular flexibility index (Phi) is 5.86. The summed E-state index contributed by atoms with van der Waals surface area (Å²) in [5, 5.41) is 6.65. The van der Waals surface area contributed by atoms with Crippen molar-refractivity contribution in [3.05, 3.63) is 35.7 Å². The van der Waals surface area contributed by atoms with Crippen molar-refractivity contribution in [2.24, 2.45) is 0 Å². The molecule has 142 valence electrons. The highest BCUT2D eigenvalue weighted by Gasteiger charge is 2.42. The molecule has 2 aliphatic heterocycles. The van der Waals surface area contributed by atoms with Crippen LogP contribution in [0.25, 0.3) is 11.4 Å². The molecule has 0 saturated carbocycles. The van der Waals surface area contributed by atoms with Gasteiger partial charge in [-0.15, -0.1) is 12.4 Å². The van der Waals surface area contributed by atoms with Crippen molar-refractivity contribution in [2.75, 3.05) is 32.8 Å². The lowest BCUT2D eigenvalue weighted by atomic mass is 10.1. The quantitative estimate of drug-likeness (QED) is 0.871. The zero-order valence-corrected chi connectivity index (χ0v) is 15.0. The number of nitrogens with zero attached hydrogens (tertiary/aromatic N) is 3. The summed E-state index contributed by atoms with van der Waals surface area (Å²) >= 11 is 0. The smallest absolute Gasteiger partial charge is 0.262 e. The van der Waals surface area contributed by atoms with Crippen LogP contribution in [0.15, 0.2) is 28.8 Å². The van der Waals surface area contributed by atoms with Crippen molar-refractivity contribution in [2.45, 2.75) is 24.9 Å². The molecule has 0 bridgehead atoms. The van der Waals surface area contributed by atoms with E-state index in [2.05, 4.69) is 20.4 Å². The molecule has 1 aromatic heterocycles. The highest BCUT2D eigenvalue weighted by atomic mass is 35.5. The molecule has 1 atom stereocenters. The molecule has 4 rings (SSSR count). The van der Waals surface area contributed by atoms with Gasteiger partial charge in [-0.25, -0.2) is 8.78 Å². The molecule has 26 heavy (non-hydrogen) atoms. The Hall–Kier alpha value is -1.61. The third-order valence-electron chi connectivity index (χ3n) is 4.57. The number of nitrogens with one attached hydrogen (secondary N) is 1. The van der Waals surface area contributed by atoms with Crippen LogP contribution in [0.4, 0.5) is 8.78 Å². The van der Waals surface area contributed by atoms with E-state index < -0.39 is 12.0 Å². The van der Waals surface area contributed by atoms with E-state index in [9.17, 15) is 8.78 Å². The molecule has 0 radical (unpaired) electrons. The summed E-state index contributed by atoms with van der Waals surface area (Å²) in [4.78, 5) is 6.62. The third-order valence-corrected chi connectivity index (χ3v) is 4.57. The number of halogens is 3. The van der Waals surface area contributed by atoms with Crippen LogP contribution in [0.3, 0.4) is 0 Å². The average Bonchev–Trinajstić information content (AvgIpc) is 3.23. The van der Waals surface area contributed by atoms with E-state index in [4.69, 9.17) is 9.26 Å². The van der Waals surface area contributed by atoms with Crippen molar-refractivity contribution >= 4 is 12.4 Å². The molecule has 2 aliphatic rings. The minimum Gasteiger partial charge on any atom is -0.379 e. The zero-order chi connectivity index (χ0) is 17.3. The molecule has 1 N–H and O–H groups in total. The van der Waals surface area contributed by atoms with Crippen molar-refractivity contribution < 1.29 is 18.0 Å². The first-order valence-electron chi connectivity index (χ1n) is 8.43. The Balaban J connectivity index is 0.00000196. The first-order valence-corrected chi connectivity index (χ1v) is 8.43. The van der Waals surface area contributed by atoms with Gasteiger partial charge in [-0.05, 0) is 5.56 Å². The van der Waals surface area contributed by atoms with Crippen LogP contribution in [0.1, 0.15) is 23.9 Å². The van der Waals surface area contributed by atoms with Gasteiger partial charge in [-0.3, -0.25) is 10.2 Å². The van der Waals surface area contributed by atoms with Crippen LogP contribution >= 0.6 is 12.4 Å². The van der Waals surface area contributed by atoms with Gasteiger partial charge in [0.15, 0.2) is 0 Å². The molecular formula is C17H21ClF2N4O2. The number of hydrogen-bond acceptors (Lipinski definition) is 6. The lowest BCUT2D eigenvalue weighted by Gasteiger charge is -2.26. The summed E-state index contributed by atoms with van der Waals surface area (Å²) in [6, 6.07) is 7.34. The van der Waals surface area contributed by atoms with Gasteiger partial charge in [0.1, 0.15) is 0 Å². The molecule has 1 aromatic carbocycles. The molecule has 9 heteroatoms. The Labute approximate surface area is 156 Å². The predicted molar refractivity (Wildman–Crippen MR) is 93.4 cm³/mol. The second-order valence-electron chi connectivity index (χ2n) is 6.54. The van der Waals surface area contributed by atoms with Gasteiger partial charge < -0.3 is 9.26 Å². The fourth-order valence-corrected chi connectivity index (χ4v) is 3.16. The molecule has 2 aromatic rings. The molecule has 0 amide bonds. The summed E-state index contributed by atoms with van der Waals surface area (Å²) in [6.45, 7) is 3.95. The van der Waals surface area contributed by atoms with Crippen LogP contribution in [0, 0.1) is 0 Å². The maximum absolute atomic E-state index is 13.3.